The Morgan fingerprint density at radius 2 is 1.88 bits per heavy atom. The minimum Gasteiger partial charge on any atom is -1.00 e. The van der Waals surface area contributed by atoms with E-state index >= 15 is 0 Å². The summed E-state index contributed by atoms with van der Waals surface area (Å²) in [5, 5.41) is 5.86. The molecule has 1 N–H and O–H groups in total. The van der Waals surface area contributed by atoms with Crippen molar-refractivity contribution >= 4 is 27.6 Å². The van der Waals surface area contributed by atoms with Gasteiger partial charge < -0.3 is 45.7 Å². The van der Waals surface area contributed by atoms with Crippen LogP contribution in [0.1, 0.15) is 22.5 Å². The second-order valence-electron chi connectivity index (χ2n) is 9.67. The maximum Gasteiger partial charge on any atom is 0.287 e. The number of hydrogen-bond donors (Lipinski definition) is 1. The third-order valence-electron chi connectivity index (χ3n) is 7.30. The van der Waals surface area contributed by atoms with Crippen LogP contribution in [0.5, 0.6) is 23.0 Å². The van der Waals surface area contributed by atoms with Crippen LogP contribution in [0, 0.1) is 0 Å². The normalized spacial score (nSPS) is 12.9. The molecule has 1 amide bonds. The number of furan rings is 1. The standard InChI is InChI=1S/C31H26N2O6.BrH/c1-35-26-8-7-19-13-24-22-16-28-27(37-18-38-28)14-20(22)9-11-33(24)17-23(19)30(26)36-12-4-10-32-31(34)29-15-21-5-2-3-6-25(21)39-29;/h2-3,5-8,13-17H,4,9-12,18H2,1H3;1H. The van der Waals surface area contributed by atoms with E-state index in [9.17, 15) is 4.79 Å². The Labute approximate surface area is 241 Å². The number of ether oxygens (including phenoxy) is 4. The molecule has 40 heavy (non-hydrogen) atoms. The van der Waals surface area contributed by atoms with Gasteiger partial charge in [0.2, 0.25) is 12.5 Å². The van der Waals surface area contributed by atoms with Gasteiger partial charge in [0, 0.05) is 24.4 Å². The molecule has 2 aliphatic rings. The highest BCUT2D eigenvalue weighted by Gasteiger charge is 2.28. The third kappa shape index (κ3) is 4.60. The molecule has 0 bridgehead atoms. The van der Waals surface area contributed by atoms with E-state index in [0.717, 1.165) is 51.9 Å². The van der Waals surface area contributed by atoms with Gasteiger partial charge in [-0.05, 0) is 53.8 Å². The molecule has 2 aromatic heterocycles. The number of halogens is 1. The molecule has 4 heterocycles. The predicted octanol–water partition coefficient (Wildman–Crippen LogP) is 2.04. The number of pyridine rings is 1. The van der Waals surface area contributed by atoms with Crippen molar-refractivity contribution in [3.63, 3.8) is 0 Å². The van der Waals surface area contributed by atoms with Crippen molar-refractivity contribution in [2.24, 2.45) is 0 Å². The molecule has 0 spiro atoms. The number of nitrogens with zero attached hydrogens (tertiary/aromatic N) is 1. The SMILES string of the molecule is COc1ccc2cc3[n+](cc2c1OCCCNC(=O)c1cc2ccccc2o1)CCc1cc2c(cc1-3)OCO2.[Br-]. The number of para-hydroxylation sites is 1. The number of aryl methyl sites for hydroxylation is 2. The number of hydrogen-bond acceptors (Lipinski definition) is 6. The quantitative estimate of drug-likeness (QED) is 0.227. The van der Waals surface area contributed by atoms with Crippen LogP contribution in [0.4, 0.5) is 0 Å². The number of nitrogens with one attached hydrogen (secondary N) is 1. The zero-order valence-electron chi connectivity index (χ0n) is 21.9. The highest BCUT2D eigenvalue weighted by Crippen LogP contribution is 2.41. The van der Waals surface area contributed by atoms with Gasteiger partial charge in [0.25, 0.3) is 5.91 Å². The average Bonchev–Trinajstić information content (AvgIpc) is 3.61. The molecule has 0 saturated carbocycles. The maximum absolute atomic E-state index is 12.5. The molecule has 2 aliphatic heterocycles. The Kier molecular flexibility index (Phi) is 6.98. The summed E-state index contributed by atoms with van der Waals surface area (Å²) in [6.45, 7) is 1.99. The summed E-state index contributed by atoms with van der Waals surface area (Å²) >= 11 is 0. The number of methoxy groups -OCH3 is 1. The number of carbonyl (C=O) groups is 1. The molecule has 9 heteroatoms. The highest BCUT2D eigenvalue weighted by atomic mass is 79.9. The summed E-state index contributed by atoms with van der Waals surface area (Å²) in [5.74, 6) is 3.05. The van der Waals surface area contributed by atoms with Crippen LogP contribution in [0.15, 0.2) is 71.3 Å². The molecular weight excluding hydrogens is 576 g/mol. The first-order valence-electron chi connectivity index (χ1n) is 13.0. The summed E-state index contributed by atoms with van der Waals surface area (Å²) in [4.78, 5) is 12.5. The van der Waals surface area contributed by atoms with Crippen molar-refractivity contribution in [1.29, 1.82) is 0 Å². The van der Waals surface area contributed by atoms with E-state index in [1.807, 2.05) is 30.3 Å². The van der Waals surface area contributed by atoms with Gasteiger partial charge in [0.15, 0.2) is 41.5 Å². The fraction of sp³-hybridized carbons (Fsp3) is 0.226. The summed E-state index contributed by atoms with van der Waals surface area (Å²) in [6, 6.07) is 19.7. The fourth-order valence-corrected chi connectivity index (χ4v) is 5.34. The van der Waals surface area contributed by atoms with Crippen molar-refractivity contribution in [1.82, 2.24) is 5.32 Å². The van der Waals surface area contributed by atoms with E-state index in [1.165, 1.54) is 5.56 Å². The van der Waals surface area contributed by atoms with Crippen LogP contribution < -0.4 is 45.8 Å². The average molecular weight is 603 g/mol. The van der Waals surface area contributed by atoms with Crippen LogP contribution in [0.25, 0.3) is 33.0 Å². The van der Waals surface area contributed by atoms with Crippen LogP contribution in [0.2, 0.25) is 0 Å². The van der Waals surface area contributed by atoms with E-state index in [2.05, 4.69) is 40.3 Å². The van der Waals surface area contributed by atoms with Crippen LogP contribution in [-0.2, 0) is 13.0 Å². The van der Waals surface area contributed by atoms with Crippen molar-refractivity contribution in [2.75, 3.05) is 27.1 Å². The van der Waals surface area contributed by atoms with Gasteiger partial charge in [-0.2, -0.15) is 4.57 Å². The topological polar surface area (TPSA) is 83.0 Å². The van der Waals surface area contributed by atoms with E-state index < -0.39 is 0 Å². The molecule has 8 nitrogen and oxygen atoms in total. The fourth-order valence-electron chi connectivity index (χ4n) is 5.34. The maximum atomic E-state index is 12.5. The van der Waals surface area contributed by atoms with Crippen LogP contribution >= 0.6 is 0 Å². The minimum atomic E-state index is -0.236. The molecule has 0 unspecified atom stereocenters. The number of benzene rings is 3. The molecule has 0 aliphatic carbocycles. The zero-order valence-corrected chi connectivity index (χ0v) is 23.5. The number of carbonyl (C=O) groups excluding carboxylic acids is 1. The minimum absolute atomic E-state index is 0. The number of aromatic nitrogens is 1. The Balaban J connectivity index is 0.00000289. The number of fused-ring (bicyclic) bond motifs is 6. The smallest absolute Gasteiger partial charge is 0.287 e. The van der Waals surface area contributed by atoms with Crippen molar-refractivity contribution in [3.05, 3.63) is 78.2 Å². The van der Waals surface area contributed by atoms with Gasteiger partial charge in [-0.3, -0.25) is 4.79 Å². The lowest BCUT2D eigenvalue weighted by molar-refractivity contribution is -0.686. The summed E-state index contributed by atoms with van der Waals surface area (Å²) in [5.41, 5.74) is 4.24. The van der Waals surface area contributed by atoms with Gasteiger partial charge >= 0.3 is 0 Å². The Morgan fingerprint density at radius 1 is 1.02 bits per heavy atom. The first kappa shape index (κ1) is 26.0. The van der Waals surface area contributed by atoms with E-state index in [-0.39, 0.29) is 29.7 Å². The highest BCUT2D eigenvalue weighted by molar-refractivity contribution is 5.96. The van der Waals surface area contributed by atoms with E-state index in [0.29, 0.717) is 42.4 Å². The van der Waals surface area contributed by atoms with E-state index in [4.69, 9.17) is 23.4 Å². The van der Waals surface area contributed by atoms with Gasteiger partial charge in [-0.15, -0.1) is 0 Å². The Morgan fingerprint density at radius 3 is 2.73 bits per heavy atom. The largest absolute Gasteiger partial charge is 1.00 e. The molecule has 3 aromatic carbocycles. The van der Waals surface area contributed by atoms with Crippen LogP contribution in [0.3, 0.4) is 0 Å². The second-order valence-corrected chi connectivity index (χ2v) is 9.67. The number of amides is 1. The molecule has 0 atom stereocenters. The monoisotopic (exact) mass is 602 g/mol. The van der Waals surface area contributed by atoms with Crippen molar-refractivity contribution in [3.8, 4) is 34.3 Å². The predicted molar refractivity (Wildman–Crippen MR) is 145 cm³/mol. The van der Waals surface area contributed by atoms with Crippen molar-refractivity contribution < 1.29 is 49.7 Å². The van der Waals surface area contributed by atoms with Gasteiger partial charge in [-0.25, -0.2) is 0 Å². The summed E-state index contributed by atoms with van der Waals surface area (Å²) < 4.78 is 31.0. The molecular formula is C31H27BrN2O6. The summed E-state index contributed by atoms with van der Waals surface area (Å²) in [7, 11) is 1.64. The number of rotatable bonds is 7. The van der Waals surface area contributed by atoms with Gasteiger partial charge in [-0.1, -0.05) is 18.2 Å². The van der Waals surface area contributed by atoms with Gasteiger partial charge in [0.05, 0.1) is 24.7 Å². The first-order chi connectivity index (χ1) is 19.2. The zero-order chi connectivity index (χ0) is 26.3. The van der Waals surface area contributed by atoms with Crippen LogP contribution in [-0.4, -0.2) is 33.0 Å². The molecule has 0 saturated heterocycles. The third-order valence-corrected chi connectivity index (χ3v) is 7.30. The summed E-state index contributed by atoms with van der Waals surface area (Å²) in [6.07, 6.45) is 3.67. The van der Waals surface area contributed by atoms with E-state index in [1.54, 1.807) is 13.2 Å². The second kappa shape index (κ2) is 10.7. The van der Waals surface area contributed by atoms with Gasteiger partial charge in [0.1, 0.15) is 5.58 Å². The first-order valence-corrected chi connectivity index (χ1v) is 13.0. The van der Waals surface area contributed by atoms with Crippen molar-refractivity contribution in [2.45, 2.75) is 19.4 Å². The molecule has 0 radical (unpaired) electrons. The Bertz CT molecular complexity index is 1710. The molecule has 7 rings (SSSR count). The molecule has 204 valence electrons. The molecule has 5 aromatic rings. The lowest BCUT2D eigenvalue weighted by atomic mass is 9.95. The molecule has 0 fully saturated rings. The lowest BCUT2D eigenvalue weighted by Crippen LogP contribution is -3.00. The lowest BCUT2D eigenvalue weighted by Gasteiger charge is -2.18. The Hall–Kier alpha value is -4.24.